The van der Waals surface area contributed by atoms with Crippen molar-refractivity contribution in [1.29, 1.82) is 0 Å². The zero-order chi connectivity index (χ0) is 13.3. The van der Waals surface area contributed by atoms with Gasteiger partial charge in [-0.15, -0.1) is 11.3 Å². The van der Waals surface area contributed by atoms with Gasteiger partial charge in [-0.3, -0.25) is 0 Å². The van der Waals surface area contributed by atoms with Gasteiger partial charge < -0.3 is 4.74 Å². The number of hydrogen-bond acceptors (Lipinski definition) is 5. The maximum absolute atomic E-state index is 12.2. The van der Waals surface area contributed by atoms with E-state index in [-0.39, 0.29) is 4.90 Å². The van der Waals surface area contributed by atoms with Crippen molar-refractivity contribution in [1.82, 2.24) is 9.71 Å². The summed E-state index contributed by atoms with van der Waals surface area (Å²) >= 11 is 7.04. The number of nitrogens with zero attached hydrogens (tertiary/aromatic N) is 1. The first-order chi connectivity index (χ1) is 8.44. The quantitative estimate of drug-likeness (QED) is 0.880. The predicted octanol–water partition coefficient (Wildman–Crippen LogP) is 2.22. The van der Waals surface area contributed by atoms with Crippen LogP contribution in [0.2, 0.25) is 4.47 Å². The highest BCUT2D eigenvalue weighted by atomic mass is 35.5. The maximum Gasteiger partial charge on any atom is 0.244 e. The summed E-state index contributed by atoms with van der Waals surface area (Å²) in [5, 5.41) is 0. The van der Waals surface area contributed by atoms with E-state index in [1.807, 2.05) is 0 Å². The molecule has 0 bridgehead atoms. The molecular weight excluding hydrogens is 296 g/mol. The van der Waals surface area contributed by atoms with Crippen molar-refractivity contribution in [2.24, 2.45) is 0 Å². The number of benzene rings is 1. The molecule has 2 aromatic rings. The molecule has 1 N–H and O–H groups in total. The van der Waals surface area contributed by atoms with Crippen molar-refractivity contribution in [2.45, 2.75) is 18.0 Å². The van der Waals surface area contributed by atoms with Crippen LogP contribution < -0.4 is 4.72 Å². The minimum atomic E-state index is -3.67. The van der Waals surface area contributed by atoms with Crippen LogP contribution in [0, 0.1) is 0 Å². The summed E-state index contributed by atoms with van der Waals surface area (Å²) in [5.74, 6) is 0. The lowest BCUT2D eigenvalue weighted by molar-refractivity contribution is 0.109. The highest BCUT2D eigenvalue weighted by molar-refractivity contribution is 7.89. The number of fused-ring (bicyclic) bond motifs is 1. The van der Waals surface area contributed by atoms with Crippen molar-refractivity contribution in [3.63, 3.8) is 0 Å². The zero-order valence-corrected chi connectivity index (χ0v) is 12.1. The highest BCUT2D eigenvalue weighted by Gasteiger charge is 2.21. The lowest BCUT2D eigenvalue weighted by Gasteiger charge is -2.12. The van der Waals surface area contributed by atoms with Gasteiger partial charge in [0.15, 0.2) is 4.47 Å². The van der Waals surface area contributed by atoms with E-state index in [0.29, 0.717) is 9.98 Å². The van der Waals surface area contributed by atoms with Gasteiger partial charge in [-0.1, -0.05) is 17.7 Å². The van der Waals surface area contributed by atoms with E-state index in [4.69, 9.17) is 16.3 Å². The Morgan fingerprint density at radius 3 is 2.89 bits per heavy atom. The molecule has 1 heterocycles. The normalized spacial score (nSPS) is 13.9. The Bertz CT molecular complexity index is 669. The molecule has 1 unspecified atom stereocenters. The van der Waals surface area contributed by atoms with Gasteiger partial charge in [-0.25, -0.2) is 13.4 Å². The summed E-state index contributed by atoms with van der Waals surface area (Å²) < 4.78 is 32.6. The number of para-hydroxylation sites is 1. The van der Waals surface area contributed by atoms with E-state index >= 15 is 0 Å². The van der Waals surface area contributed by atoms with Crippen LogP contribution in [0.25, 0.3) is 10.2 Å². The molecule has 1 atom stereocenters. The lowest BCUT2D eigenvalue weighted by atomic mass is 10.3. The van der Waals surface area contributed by atoms with E-state index in [2.05, 4.69) is 9.71 Å². The Morgan fingerprint density at radius 2 is 2.22 bits per heavy atom. The number of hydrogen-bond donors (Lipinski definition) is 1. The fourth-order valence-electron chi connectivity index (χ4n) is 1.44. The van der Waals surface area contributed by atoms with Crippen molar-refractivity contribution >= 4 is 43.2 Å². The molecule has 0 spiro atoms. The summed E-state index contributed by atoms with van der Waals surface area (Å²) in [6, 6.07) is 4.92. The van der Waals surface area contributed by atoms with E-state index in [1.165, 1.54) is 24.5 Å². The van der Waals surface area contributed by atoms with Crippen molar-refractivity contribution in [2.75, 3.05) is 7.11 Å². The Labute approximate surface area is 114 Å². The molecule has 0 aliphatic heterocycles. The average Bonchev–Trinajstić information content (AvgIpc) is 2.67. The number of methoxy groups -OCH3 is 1. The largest absolute Gasteiger partial charge is 0.366 e. The van der Waals surface area contributed by atoms with E-state index in [1.54, 1.807) is 19.1 Å². The average molecular weight is 307 g/mol. The fraction of sp³-hybridized carbons (Fsp3) is 0.300. The minimum Gasteiger partial charge on any atom is -0.366 e. The second-order valence-electron chi connectivity index (χ2n) is 3.57. The number of sulfonamides is 1. The molecule has 0 radical (unpaired) electrons. The molecule has 98 valence electrons. The van der Waals surface area contributed by atoms with Gasteiger partial charge in [-0.05, 0) is 19.1 Å². The predicted molar refractivity (Wildman–Crippen MR) is 71.4 cm³/mol. The smallest absolute Gasteiger partial charge is 0.244 e. The molecule has 2 rings (SSSR count). The molecule has 0 saturated carbocycles. The van der Waals surface area contributed by atoms with Gasteiger partial charge in [0.25, 0.3) is 0 Å². The standard InChI is InChI=1S/C10H11ClN2O3S2/c1-6(16-2)13-18(14,15)8-5-3-4-7-9(8)12-10(11)17-7/h3-6,13H,1-2H3. The van der Waals surface area contributed by atoms with Crippen LogP contribution in [0.4, 0.5) is 0 Å². The molecule has 5 nitrogen and oxygen atoms in total. The monoisotopic (exact) mass is 306 g/mol. The van der Waals surface area contributed by atoms with Gasteiger partial charge in [0, 0.05) is 7.11 Å². The Morgan fingerprint density at radius 1 is 1.50 bits per heavy atom. The molecule has 0 aliphatic carbocycles. The van der Waals surface area contributed by atoms with Crippen LogP contribution in [0.3, 0.4) is 0 Å². The van der Waals surface area contributed by atoms with E-state index in [9.17, 15) is 8.42 Å². The van der Waals surface area contributed by atoms with Crippen LogP contribution in [-0.2, 0) is 14.8 Å². The van der Waals surface area contributed by atoms with Crippen LogP contribution in [-0.4, -0.2) is 26.7 Å². The number of aromatic nitrogens is 1. The van der Waals surface area contributed by atoms with Gasteiger partial charge in [-0.2, -0.15) is 4.72 Å². The second kappa shape index (κ2) is 5.10. The summed E-state index contributed by atoms with van der Waals surface area (Å²) in [6.07, 6.45) is -0.612. The molecule has 8 heteroatoms. The Balaban J connectivity index is 2.53. The maximum atomic E-state index is 12.2. The lowest BCUT2D eigenvalue weighted by Crippen LogP contribution is -2.33. The number of thiazole rings is 1. The molecule has 0 saturated heterocycles. The fourth-order valence-corrected chi connectivity index (χ4v) is 3.89. The first-order valence-electron chi connectivity index (χ1n) is 5.04. The minimum absolute atomic E-state index is 0.104. The summed E-state index contributed by atoms with van der Waals surface area (Å²) in [4.78, 5) is 4.14. The molecule has 0 amide bonds. The number of nitrogens with one attached hydrogen (secondary N) is 1. The number of rotatable bonds is 4. The zero-order valence-electron chi connectivity index (χ0n) is 9.68. The first-order valence-corrected chi connectivity index (χ1v) is 7.72. The van der Waals surface area contributed by atoms with Crippen LogP contribution in [0.1, 0.15) is 6.92 Å². The third kappa shape index (κ3) is 2.65. The number of ether oxygens (including phenoxy) is 1. The topological polar surface area (TPSA) is 68.3 Å². The first kappa shape index (κ1) is 13.7. The van der Waals surface area contributed by atoms with Crippen molar-refractivity contribution < 1.29 is 13.2 Å². The second-order valence-corrected chi connectivity index (χ2v) is 6.86. The van der Waals surface area contributed by atoms with Crippen LogP contribution >= 0.6 is 22.9 Å². The summed E-state index contributed by atoms with van der Waals surface area (Å²) in [5.41, 5.74) is 0.378. The van der Waals surface area contributed by atoms with Gasteiger partial charge in [0.05, 0.1) is 4.70 Å². The van der Waals surface area contributed by atoms with Crippen molar-refractivity contribution in [3.05, 3.63) is 22.7 Å². The van der Waals surface area contributed by atoms with Crippen LogP contribution in [0.15, 0.2) is 23.1 Å². The molecule has 18 heavy (non-hydrogen) atoms. The van der Waals surface area contributed by atoms with E-state index < -0.39 is 16.3 Å². The molecule has 1 aromatic carbocycles. The van der Waals surface area contributed by atoms with Gasteiger partial charge in [0.2, 0.25) is 10.0 Å². The van der Waals surface area contributed by atoms with Crippen molar-refractivity contribution in [3.8, 4) is 0 Å². The van der Waals surface area contributed by atoms with E-state index in [0.717, 1.165) is 4.70 Å². The molecular formula is C10H11ClN2O3S2. The highest BCUT2D eigenvalue weighted by Crippen LogP contribution is 2.30. The third-order valence-corrected chi connectivity index (χ3v) is 5.00. The SMILES string of the molecule is COC(C)NS(=O)(=O)c1cccc2sc(Cl)nc12. The summed E-state index contributed by atoms with van der Waals surface area (Å²) in [7, 11) is -2.25. The Kier molecular flexibility index (Phi) is 3.88. The molecule has 0 aliphatic rings. The summed E-state index contributed by atoms with van der Waals surface area (Å²) in [6.45, 7) is 1.60. The number of halogens is 1. The van der Waals surface area contributed by atoms with Gasteiger partial charge >= 0.3 is 0 Å². The Hall–Kier alpha value is -0.730. The van der Waals surface area contributed by atoms with Crippen LogP contribution in [0.5, 0.6) is 0 Å². The van der Waals surface area contributed by atoms with Gasteiger partial charge in [0.1, 0.15) is 16.6 Å². The molecule has 0 fully saturated rings. The molecule has 1 aromatic heterocycles. The third-order valence-electron chi connectivity index (χ3n) is 2.32.